The van der Waals surface area contributed by atoms with Crippen LogP contribution in [0.25, 0.3) is 5.82 Å². The summed E-state index contributed by atoms with van der Waals surface area (Å²) in [6, 6.07) is 11.0. The van der Waals surface area contributed by atoms with Gasteiger partial charge in [0.05, 0.1) is 18.4 Å². The van der Waals surface area contributed by atoms with Crippen molar-refractivity contribution in [2.75, 3.05) is 12.4 Å². The molecule has 0 aliphatic rings. The maximum atomic E-state index is 12.7. The van der Waals surface area contributed by atoms with Crippen molar-refractivity contribution in [1.82, 2.24) is 9.72 Å². The molecule has 6 heteroatoms. The highest BCUT2D eigenvalue weighted by atomic mass is 16.5. The quantitative estimate of drug-likeness (QED) is 0.795. The van der Waals surface area contributed by atoms with Gasteiger partial charge in [-0.2, -0.15) is 0 Å². The summed E-state index contributed by atoms with van der Waals surface area (Å²) < 4.78 is 12.3. The zero-order chi connectivity index (χ0) is 17.3. The van der Waals surface area contributed by atoms with Gasteiger partial charge in [0.15, 0.2) is 5.82 Å². The van der Waals surface area contributed by atoms with Gasteiger partial charge in [0, 0.05) is 17.5 Å². The van der Waals surface area contributed by atoms with Crippen LogP contribution in [0.4, 0.5) is 5.69 Å². The number of nitrogens with one attached hydrogen (secondary N) is 1. The predicted molar refractivity (Wildman–Crippen MR) is 91.0 cm³/mol. The SMILES string of the molecule is COc1ccccc1NC(=O)c1cc(C)n(-c2cc(C)on2)c1C. The van der Waals surface area contributed by atoms with Gasteiger partial charge in [-0.05, 0) is 39.0 Å². The largest absolute Gasteiger partial charge is 0.495 e. The summed E-state index contributed by atoms with van der Waals surface area (Å²) in [5, 5.41) is 6.92. The number of benzene rings is 1. The van der Waals surface area contributed by atoms with E-state index in [9.17, 15) is 4.79 Å². The molecule has 1 aromatic carbocycles. The van der Waals surface area contributed by atoms with Crippen LogP contribution in [0.2, 0.25) is 0 Å². The molecule has 2 heterocycles. The van der Waals surface area contributed by atoms with E-state index < -0.39 is 0 Å². The van der Waals surface area contributed by atoms with Crippen LogP contribution in [0.5, 0.6) is 5.75 Å². The summed E-state index contributed by atoms with van der Waals surface area (Å²) in [5.74, 6) is 1.81. The van der Waals surface area contributed by atoms with Gasteiger partial charge in [-0.15, -0.1) is 0 Å². The van der Waals surface area contributed by atoms with E-state index in [1.165, 1.54) is 0 Å². The van der Waals surface area contributed by atoms with Gasteiger partial charge in [-0.25, -0.2) is 0 Å². The Balaban J connectivity index is 1.94. The number of ether oxygens (including phenoxy) is 1. The topological polar surface area (TPSA) is 69.3 Å². The molecule has 0 saturated carbocycles. The monoisotopic (exact) mass is 325 g/mol. The molecule has 0 aliphatic heterocycles. The fraction of sp³-hybridized carbons (Fsp3) is 0.222. The van der Waals surface area contributed by atoms with E-state index in [0.717, 1.165) is 17.1 Å². The highest BCUT2D eigenvalue weighted by Gasteiger charge is 2.19. The Morgan fingerprint density at radius 3 is 2.62 bits per heavy atom. The van der Waals surface area contributed by atoms with Crippen LogP contribution < -0.4 is 10.1 Å². The van der Waals surface area contributed by atoms with E-state index in [1.54, 1.807) is 19.2 Å². The normalized spacial score (nSPS) is 10.7. The zero-order valence-corrected chi connectivity index (χ0v) is 14.1. The van der Waals surface area contributed by atoms with Crippen molar-refractivity contribution in [3.8, 4) is 11.6 Å². The number of para-hydroxylation sites is 2. The molecule has 1 N–H and O–H groups in total. The van der Waals surface area contributed by atoms with Crippen molar-refractivity contribution < 1.29 is 14.1 Å². The second kappa shape index (κ2) is 6.23. The first-order valence-corrected chi connectivity index (χ1v) is 7.58. The van der Waals surface area contributed by atoms with Crippen molar-refractivity contribution in [2.24, 2.45) is 0 Å². The Bertz CT molecular complexity index is 893. The lowest BCUT2D eigenvalue weighted by molar-refractivity contribution is 0.102. The third-order valence-electron chi connectivity index (χ3n) is 3.88. The van der Waals surface area contributed by atoms with Gasteiger partial charge in [0.25, 0.3) is 5.91 Å². The van der Waals surface area contributed by atoms with E-state index in [-0.39, 0.29) is 5.91 Å². The van der Waals surface area contributed by atoms with E-state index in [1.807, 2.05) is 49.6 Å². The molecule has 124 valence electrons. The smallest absolute Gasteiger partial charge is 0.257 e. The first-order chi connectivity index (χ1) is 11.5. The third kappa shape index (κ3) is 2.78. The van der Waals surface area contributed by atoms with Crippen molar-refractivity contribution in [3.63, 3.8) is 0 Å². The molecule has 0 atom stereocenters. The van der Waals surface area contributed by atoms with Crippen molar-refractivity contribution in [1.29, 1.82) is 0 Å². The zero-order valence-electron chi connectivity index (χ0n) is 14.1. The third-order valence-corrected chi connectivity index (χ3v) is 3.88. The van der Waals surface area contributed by atoms with Crippen LogP contribution in [0.15, 0.2) is 40.9 Å². The minimum atomic E-state index is -0.195. The lowest BCUT2D eigenvalue weighted by Crippen LogP contribution is -2.13. The Morgan fingerprint density at radius 2 is 1.96 bits per heavy atom. The van der Waals surface area contributed by atoms with Crippen LogP contribution in [0.3, 0.4) is 0 Å². The molecule has 0 radical (unpaired) electrons. The lowest BCUT2D eigenvalue weighted by atomic mass is 10.2. The Labute approximate surface area is 140 Å². The number of hydrogen-bond acceptors (Lipinski definition) is 4. The molecular weight excluding hydrogens is 306 g/mol. The molecule has 0 spiro atoms. The average Bonchev–Trinajstić information content (AvgIpc) is 3.11. The average molecular weight is 325 g/mol. The number of anilines is 1. The lowest BCUT2D eigenvalue weighted by Gasteiger charge is -2.10. The number of methoxy groups -OCH3 is 1. The number of aryl methyl sites for hydroxylation is 2. The summed E-state index contributed by atoms with van der Waals surface area (Å²) in [6.45, 7) is 5.64. The summed E-state index contributed by atoms with van der Waals surface area (Å²) in [5.41, 5.74) is 2.92. The molecule has 0 bridgehead atoms. The Hall–Kier alpha value is -3.02. The first-order valence-electron chi connectivity index (χ1n) is 7.58. The molecule has 2 aromatic heterocycles. The number of nitrogens with zero attached hydrogens (tertiary/aromatic N) is 2. The fourth-order valence-electron chi connectivity index (χ4n) is 2.74. The molecule has 6 nitrogen and oxygen atoms in total. The van der Waals surface area contributed by atoms with E-state index in [2.05, 4.69) is 10.5 Å². The van der Waals surface area contributed by atoms with Crippen LogP contribution in [-0.2, 0) is 0 Å². The molecule has 0 fully saturated rings. The number of hydrogen-bond donors (Lipinski definition) is 1. The van der Waals surface area contributed by atoms with Crippen molar-refractivity contribution in [2.45, 2.75) is 20.8 Å². The summed E-state index contributed by atoms with van der Waals surface area (Å²) in [7, 11) is 1.57. The molecule has 24 heavy (non-hydrogen) atoms. The summed E-state index contributed by atoms with van der Waals surface area (Å²) >= 11 is 0. The number of carbonyl (C=O) groups excluding carboxylic acids is 1. The maximum absolute atomic E-state index is 12.7. The summed E-state index contributed by atoms with van der Waals surface area (Å²) in [6.07, 6.45) is 0. The number of carbonyl (C=O) groups is 1. The fourth-order valence-corrected chi connectivity index (χ4v) is 2.74. The van der Waals surface area contributed by atoms with Crippen molar-refractivity contribution >= 4 is 11.6 Å². The highest BCUT2D eigenvalue weighted by molar-refractivity contribution is 6.06. The number of rotatable bonds is 4. The predicted octanol–water partition coefficient (Wildman–Crippen LogP) is 3.65. The molecule has 0 saturated heterocycles. The molecule has 0 aliphatic carbocycles. The molecule has 0 unspecified atom stereocenters. The second-order valence-electron chi connectivity index (χ2n) is 5.57. The minimum absolute atomic E-state index is 0.195. The number of amides is 1. The number of aromatic nitrogens is 2. The van der Waals surface area contributed by atoms with Crippen LogP contribution >= 0.6 is 0 Å². The van der Waals surface area contributed by atoms with E-state index in [4.69, 9.17) is 9.26 Å². The van der Waals surface area contributed by atoms with Gasteiger partial charge >= 0.3 is 0 Å². The Morgan fingerprint density at radius 1 is 1.21 bits per heavy atom. The molecule has 3 rings (SSSR count). The molecule has 1 amide bonds. The minimum Gasteiger partial charge on any atom is -0.495 e. The van der Waals surface area contributed by atoms with Gasteiger partial charge in [-0.1, -0.05) is 17.3 Å². The van der Waals surface area contributed by atoms with Gasteiger partial charge in [0.2, 0.25) is 0 Å². The van der Waals surface area contributed by atoms with Crippen LogP contribution in [0.1, 0.15) is 27.5 Å². The standard InChI is InChI=1S/C18H19N3O3/c1-11-9-14(13(3)21(11)17-10-12(2)24-20-17)18(22)19-15-7-5-6-8-16(15)23-4/h5-10H,1-4H3,(H,19,22). The van der Waals surface area contributed by atoms with Gasteiger partial charge < -0.3 is 14.6 Å². The van der Waals surface area contributed by atoms with E-state index >= 15 is 0 Å². The van der Waals surface area contributed by atoms with Crippen molar-refractivity contribution in [3.05, 3.63) is 59.1 Å². The Kier molecular flexibility index (Phi) is 4.12. The van der Waals surface area contributed by atoms with Gasteiger partial charge in [-0.3, -0.25) is 9.36 Å². The van der Waals surface area contributed by atoms with Gasteiger partial charge in [0.1, 0.15) is 11.5 Å². The van der Waals surface area contributed by atoms with E-state index in [0.29, 0.717) is 22.8 Å². The molecular formula is C18H19N3O3. The highest BCUT2D eigenvalue weighted by Crippen LogP contribution is 2.26. The second-order valence-corrected chi connectivity index (χ2v) is 5.57. The summed E-state index contributed by atoms with van der Waals surface area (Å²) in [4.78, 5) is 12.7. The van der Waals surface area contributed by atoms with Crippen LogP contribution in [0, 0.1) is 20.8 Å². The maximum Gasteiger partial charge on any atom is 0.257 e. The van der Waals surface area contributed by atoms with Crippen LogP contribution in [-0.4, -0.2) is 22.7 Å². The molecule has 3 aromatic rings. The first kappa shape index (κ1) is 15.9.